The van der Waals surface area contributed by atoms with Crippen LogP contribution in [-0.4, -0.2) is 32.4 Å². The Morgan fingerprint density at radius 2 is 1.92 bits per heavy atom. The Labute approximate surface area is 153 Å². The number of benzene rings is 2. The number of amides is 1. The van der Waals surface area contributed by atoms with E-state index in [1.54, 1.807) is 38.1 Å². The predicted octanol–water partition coefficient (Wildman–Crippen LogP) is 3.77. The number of hydrogen-bond acceptors (Lipinski definition) is 4. The molecule has 0 aliphatic carbocycles. The van der Waals surface area contributed by atoms with Gasteiger partial charge in [0, 0.05) is 35.8 Å². The van der Waals surface area contributed by atoms with Crippen molar-refractivity contribution in [2.24, 2.45) is 0 Å². The molecular formula is C20H23NO3S. The lowest BCUT2D eigenvalue weighted by Gasteiger charge is -2.07. The van der Waals surface area contributed by atoms with Crippen molar-refractivity contribution >= 4 is 23.7 Å². The van der Waals surface area contributed by atoms with Gasteiger partial charge in [0.05, 0.1) is 14.2 Å². The molecule has 132 valence electrons. The number of carbonyl (C=O) groups is 1. The van der Waals surface area contributed by atoms with Crippen LogP contribution in [0.1, 0.15) is 11.1 Å². The van der Waals surface area contributed by atoms with Gasteiger partial charge in [-0.05, 0) is 23.8 Å². The van der Waals surface area contributed by atoms with Gasteiger partial charge in [-0.25, -0.2) is 0 Å². The highest BCUT2D eigenvalue weighted by atomic mass is 32.2. The van der Waals surface area contributed by atoms with Crippen molar-refractivity contribution in [1.29, 1.82) is 0 Å². The summed E-state index contributed by atoms with van der Waals surface area (Å²) in [7, 11) is 3.20. The monoisotopic (exact) mass is 357 g/mol. The molecule has 25 heavy (non-hydrogen) atoms. The summed E-state index contributed by atoms with van der Waals surface area (Å²) in [4.78, 5) is 11.9. The lowest BCUT2D eigenvalue weighted by molar-refractivity contribution is -0.116. The van der Waals surface area contributed by atoms with Crippen molar-refractivity contribution in [1.82, 2.24) is 5.32 Å². The van der Waals surface area contributed by atoms with Crippen LogP contribution in [0, 0.1) is 0 Å². The van der Waals surface area contributed by atoms with E-state index in [4.69, 9.17) is 9.47 Å². The van der Waals surface area contributed by atoms with Crippen LogP contribution in [0.2, 0.25) is 0 Å². The van der Waals surface area contributed by atoms with Gasteiger partial charge in [0.15, 0.2) is 0 Å². The third-order valence-corrected chi connectivity index (χ3v) is 4.54. The zero-order valence-corrected chi connectivity index (χ0v) is 15.3. The number of carbonyl (C=O) groups excluding carboxylic acids is 1. The standard InChI is InChI=1S/C20H23NO3S/c1-23-18-10-8-17(19(14-18)24-2)9-11-20(22)21-12-13-25-15-16-6-4-3-5-7-16/h3-11,14H,12-13,15H2,1-2H3,(H,21,22)/b11-9+. The molecule has 0 radical (unpaired) electrons. The van der Waals surface area contributed by atoms with Gasteiger partial charge in [0.1, 0.15) is 11.5 Å². The highest BCUT2D eigenvalue weighted by Crippen LogP contribution is 2.25. The summed E-state index contributed by atoms with van der Waals surface area (Å²) in [6, 6.07) is 15.8. The van der Waals surface area contributed by atoms with Gasteiger partial charge in [-0.2, -0.15) is 11.8 Å². The molecule has 2 rings (SSSR count). The first-order chi connectivity index (χ1) is 12.2. The van der Waals surface area contributed by atoms with Gasteiger partial charge < -0.3 is 14.8 Å². The number of nitrogens with one attached hydrogen (secondary N) is 1. The number of rotatable bonds is 9. The van der Waals surface area contributed by atoms with Crippen LogP contribution in [0.15, 0.2) is 54.6 Å². The Hall–Kier alpha value is -2.40. The molecular weight excluding hydrogens is 334 g/mol. The minimum Gasteiger partial charge on any atom is -0.497 e. The van der Waals surface area contributed by atoms with Crippen molar-refractivity contribution in [3.8, 4) is 11.5 Å². The maximum absolute atomic E-state index is 11.9. The minimum absolute atomic E-state index is 0.113. The van der Waals surface area contributed by atoms with E-state index in [1.165, 1.54) is 11.6 Å². The summed E-state index contributed by atoms with van der Waals surface area (Å²) in [6.45, 7) is 0.639. The van der Waals surface area contributed by atoms with Crippen molar-refractivity contribution in [3.63, 3.8) is 0 Å². The quantitative estimate of drug-likeness (QED) is 0.548. The minimum atomic E-state index is -0.113. The van der Waals surface area contributed by atoms with Crippen LogP contribution in [0.4, 0.5) is 0 Å². The Bertz CT molecular complexity index is 701. The second kappa shape index (κ2) is 10.5. The Morgan fingerprint density at radius 1 is 1.12 bits per heavy atom. The lowest BCUT2D eigenvalue weighted by Crippen LogP contribution is -2.23. The molecule has 0 bridgehead atoms. The molecule has 0 spiro atoms. The predicted molar refractivity (Wildman–Crippen MR) is 104 cm³/mol. The van der Waals surface area contributed by atoms with E-state index < -0.39 is 0 Å². The largest absolute Gasteiger partial charge is 0.497 e. The zero-order valence-electron chi connectivity index (χ0n) is 14.5. The fraction of sp³-hybridized carbons (Fsp3) is 0.250. The molecule has 0 saturated carbocycles. The van der Waals surface area contributed by atoms with Gasteiger partial charge in [-0.1, -0.05) is 30.3 Å². The van der Waals surface area contributed by atoms with Gasteiger partial charge in [-0.15, -0.1) is 0 Å². The Balaban J connectivity index is 1.73. The average Bonchev–Trinajstić information content (AvgIpc) is 2.66. The molecule has 2 aromatic rings. The number of hydrogen-bond donors (Lipinski definition) is 1. The molecule has 0 atom stereocenters. The molecule has 5 heteroatoms. The first-order valence-electron chi connectivity index (χ1n) is 8.02. The maximum Gasteiger partial charge on any atom is 0.244 e. The molecule has 0 fully saturated rings. The van der Waals surface area contributed by atoms with E-state index in [9.17, 15) is 4.79 Å². The second-order valence-electron chi connectivity index (χ2n) is 5.27. The van der Waals surface area contributed by atoms with Gasteiger partial charge in [-0.3, -0.25) is 4.79 Å². The van der Waals surface area contributed by atoms with Crippen LogP contribution < -0.4 is 14.8 Å². The van der Waals surface area contributed by atoms with Gasteiger partial charge >= 0.3 is 0 Å². The van der Waals surface area contributed by atoms with Crippen LogP contribution >= 0.6 is 11.8 Å². The van der Waals surface area contributed by atoms with Crippen molar-refractivity contribution in [3.05, 3.63) is 65.7 Å². The molecule has 0 aliphatic rings. The average molecular weight is 357 g/mol. The summed E-state index contributed by atoms with van der Waals surface area (Å²) < 4.78 is 10.5. The molecule has 0 unspecified atom stereocenters. The molecule has 1 amide bonds. The number of ether oxygens (including phenoxy) is 2. The lowest BCUT2D eigenvalue weighted by atomic mass is 10.1. The molecule has 0 heterocycles. The van der Waals surface area contributed by atoms with Crippen LogP contribution in [-0.2, 0) is 10.5 Å². The highest BCUT2D eigenvalue weighted by molar-refractivity contribution is 7.98. The summed E-state index contributed by atoms with van der Waals surface area (Å²) in [5.74, 6) is 3.10. The van der Waals surface area contributed by atoms with E-state index in [1.807, 2.05) is 30.3 Å². The summed E-state index contributed by atoms with van der Waals surface area (Å²) in [5.41, 5.74) is 2.13. The molecule has 2 aromatic carbocycles. The van der Waals surface area contributed by atoms with Gasteiger partial charge in [0.2, 0.25) is 5.91 Å². The topological polar surface area (TPSA) is 47.6 Å². The number of methoxy groups -OCH3 is 2. The molecule has 0 saturated heterocycles. The SMILES string of the molecule is COc1ccc(/C=C/C(=O)NCCSCc2ccccc2)c(OC)c1. The molecule has 4 nitrogen and oxygen atoms in total. The molecule has 0 aromatic heterocycles. The Morgan fingerprint density at radius 3 is 2.64 bits per heavy atom. The van der Waals surface area contributed by atoms with Crippen molar-refractivity contribution < 1.29 is 14.3 Å². The zero-order chi connectivity index (χ0) is 17.9. The van der Waals surface area contributed by atoms with Crippen LogP contribution in [0.25, 0.3) is 6.08 Å². The van der Waals surface area contributed by atoms with E-state index >= 15 is 0 Å². The summed E-state index contributed by atoms with van der Waals surface area (Å²) >= 11 is 1.80. The van der Waals surface area contributed by atoms with E-state index in [2.05, 4.69) is 17.4 Å². The second-order valence-corrected chi connectivity index (χ2v) is 6.38. The fourth-order valence-electron chi connectivity index (χ4n) is 2.19. The van der Waals surface area contributed by atoms with E-state index in [0.717, 1.165) is 17.1 Å². The first-order valence-corrected chi connectivity index (χ1v) is 9.18. The maximum atomic E-state index is 11.9. The highest BCUT2D eigenvalue weighted by Gasteiger charge is 2.03. The van der Waals surface area contributed by atoms with E-state index in [-0.39, 0.29) is 5.91 Å². The van der Waals surface area contributed by atoms with Crippen LogP contribution in [0.3, 0.4) is 0 Å². The first kappa shape index (κ1) is 18.9. The summed E-state index contributed by atoms with van der Waals surface area (Å²) in [5, 5.41) is 2.89. The van der Waals surface area contributed by atoms with E-state index in [0.29, 0.717) is 18.0 Å². The third kappa shape index (κ3) is 6.55. The third-order valence-electron chi connectivity index (χ3n) is 3.51. The normalized spacial score (nSPS) is 10.6. The van der Waals surface area contributed by atoms with Gasteiger partial charge in [0.25, 0.3) is 0 Å². The Kier molecular flexibility index (Phi) is 7.92. The number of thioether (sulfide) groups is 1. The molecule has 1 N–H and O–H groups in total. The smallest absolute Gasteiger partial charge is 0.244 e. The van der Waals surface area contributed by atoms with Crippen LogP contribution in [0.5, 0.6) is 11.5 Å². The summed E-state index contributed by atoms with van der Waals surface area (Å²) in [6.07, 6.45) is 3.26. The van der Waals surface area contributed by atoms with Crippen molar-refractivity contribution in [2.75, 3.05) is 26.5 Å². The molecule has 0 aliphatic heterocycles. The fourth-order valence-corrected chi connectivity index (χ4v) is 3.01. The van der Waals surface area contributed by atoms with Crippen molar-refractivity contribution in [2.45, 2.75) is 5.75 Å².